The van der Waals surface area contributed by atoms with E-state index in [1.165, 1.54) is 7.05 Å². The minimum absolute atomic E-state index is 0.0209. The van der Waals surface area contributed by atoms with Crippen molar-refractivity contribution in [2.75, 3.05) is 31.3 Å². The van der Waals surface area contributed by atoms with Gasteiger partial charge >= 0.3 is 6.01 Å². The first-order chi connectivity index (χ1) is 8.46. The third-order valence-corrected chi connectivity index (χ3v) is 3.36. The molecule has 0 aromatic carbocycles. The van der Waals surface area contributed by atoms with Crippen LogP contribution in [0.2, 0.25) is 5.28 Å². The molecular formula is C8H14ClN5O3S. The molecule has 0 saturated carbocycles. The van der Waals surface area contributed by atoms with Gasteiger partial charge in [-0.15, -0.1) is 0 Å². The number of rotatable bonds is 7. The Morgan fingerprint density at radius 1 is 1.33 bits per heavy atom. The van der Waals surface area contributed by atoms with Crippen molar-refractivity contribution in [1.29, 1.82) is 0 Å². The number of halogens is 1. The van der Waals surface area contributed by atoms with E-state index in [1.807, 2.05) is 0 Å². The number of nitrogens with one attached hydrogen (secondary N) is 2. The molecule has 1 aromatic rings. The quantitative estimate of drug-likeness (QED) is 0.722. The lowest BCUT2D eigenvalue weighted by atomic mass is 10.7. The van der Waals surface area contributed by atoms with E-state index in [2.05, 4.69) is 25.0 Å². The summed E-state index contributed by atoms with van der Waals surface area (Å²) in [6.45, 7) is 2.33. The van der Waals surface area contributed by atoms with Crippen molar-refractivity contribution >= 4 is 27.6 Å². The van der Waals surface area contributed by atoms with Crippen LogP contribution in [0.3, 0.4) is 0 Å². The Bertz CT molecular complexity index is 496. The lowest BCUT2D eigenvalue weighted by Gasteiger charge is -2.06. The fourth-order valence-electron chi connectivity index (χ4n) is 1.00. The van der Waals surface area contributed by atoms with E-state index in [4.69, 9.17) is 16.3 Å². The normalized spacial score (nSPS) is 11.3. The van der Waals surface area contributed by atoms with Gasteiger partial charge in [0.25, 0.3) is 0 Å². The van der Waals surface area contributed by atoms with Crippen molar-refractivity contribution < 1.29 is 13.2 Å². The molecule has 0 bridgehead atoms. The summed E-state index contributed by atoms with van der Waals surface area (Å²) in [5.41, 5.74) is 0. The highest BCUT2D eigenvalue weighted by Gasteiger charge is 2.08. The van der Waals surface area contributed by atoms with Crippen LogP contribution in [-0.2, 0) is 10.0 Å². The van der Waals surface area contributed by atoms with Crippen molar-refractivity contribution in [3.63, 3.8) is 0 Å². The molecule has 2 N–H and O–H groups in total. The van der Waals surface area contributed by atoms with E-state index in [9.17, 15) is 8.42 Å². The maximum absolute atomic E-state index is 11.2. The molecule has 0 amide bonds. The van der Waals surface area contributed by atoms with Crippen LogP contribution in [-0.4, -0.2) is 49.3 Å². The zero-order valence-electron chi connectivity index (χ0n) is 9.97. The molecule has 8 nitrogen and oxygen atoms in total. The largest absolute Gasteiger partial charge is 0.464 e. The van der Waals surface area contributed by atoms with E-state index in [-0.39, 0.29) is 29.5 Å². The van der Waals surface area contributed by atoms with Crippen LogP contribution in [0.1, 0.15) is 6.92 Å². The molecular weight excluding hydrogens is 282 g/mol. The van der Waals surface area contributed by atoms with E-state index in [0.29, 0.717) is 6.61 Å². The smallest absolute Gasteiger partial charge is 0.322 e. The van der Waals surface area contributed by atoms with Gasteiger partial charge in [0.2, 0.25) is 21.3 Å². The molecule has 10 heteroatoms. The molecule has 102 valence electrons. The summed E-state index contributed by atoms with van der Waals surface area (Å²) in [6.07, 6.45) is 0. The number of ether oxygens (including phenoxy) is 1. The minimum atomic E-state index is -3.27. The first kappa shape index (κ1) is 14.9. The number of nitrogens with zero attached hydrogens (tertiary/aromatic N) is 3. The van der Waals surface area contributed by atoms with Crippen LogP contribution in [0.15, 0.2) is 0 Å². The molecule has 1 heterocycles. The monoisotopic (exact) mass is 295 g/mol. The Hall–Kier alpha value is -1.19. The van der Waals surface area contributed by atoms with Gasteiger partial charge in [-0.2, -0.15) is 15.0 Å². The molecule has 0 aliphatic heterocycles. The van der Waals surface area contributed by atoms with Crippen molar-refractivity contribution in [3.05, 3.63) is 5.28 Å². The summed E-state index contributed by atoms with van der Waals surface area (Å²) in [5, 5.41) is 2.71. The van der Waals surface area contributed by atoms with E-state index in [0.717, 1.165) is 0 Å². The first-order valence-corrected chi connectivity index (χ1v) is 7.19. The van der Waals surface area contributed by atoms with E-state index < -0.39 is 10.0 Å². The molecule has 1 rings (SSSR count). The maximum Gasteiger partial charge on any atom is 0.322 e. The fraction of sp³-hybridized carbons (Fsp3) is 0.625. The highest BCUT2D eigenvalue weighted by atomic mass is 35.5. The molecule has 18 heavy (non-hydrogen) atoms. The summed E-state index contributed by atoms with van der Waals surface area (Å²) < 4.78 is 29.6. The van der Waals surface area contributed by atoms with Crippen LogP contribution in [0.4, 0.5) is 5.95 Å². The maximum atomic E-state index is 11.2. The van der Waals surface area contributed by atoms with Gasteiger partial charge < -0.3 is 10.1 Å². The Kier molecular flexibility index (Phi) is 5.51. The molecule has 0 unspecified atom stereocenters. The van der Waals surface area contributed by atoms with Gasteiger partial charge in [-0.3, -0.25) is 0 Å². The predicted octanol–water partition coefficient (Wildman–Crippen LogP) is -0.115. The Balaban J connectivity index is 2.62. The van der Waals surface area contributed by atoms with Crippen LogP contribution < -0.4 is 14.8 Å². The number of hydrogen-bond donors (Lipinski definition) is 2. The van der Waals surface area contributed by atoms with Gasteiger partial charge in [0.15, 0.2) is 0 Å². The predicted molar refractivity (Wildman–Crippen MR) is 67.3 cm³/mol. The number of hydrogen-bond acceptors (Lipinski definition) is 7. The third-order valence-electron chi connectivity index (χ3n) is 1.83. The Morgan fingerprint density at radius 3 is 2.67 bits per heavy atom. The summed E-state index contributed by atoms with van der Waals surface area (Å²) in [5.74, 6) is 0.0706. The van der Waals surface area contributed by atoms with Crippen LogP contribution >= 0.6 is 11.6 Å². The van der Waals surface area contributed by atoms with E-state index in [1.54, 1.807) is 6.92 Å². The zero-order valence-corrected chi connectivity index (χ0v) is 11.5. The van der Waals surface area contributed by atoms with Gasteiger partial charge in [0.05, 0.1) is 12.4 Å². The standard InChI is InChI=1S/C8H14ClN5O3S/c1-3-17-8-13-6(9)12-7(14-8)11-4-5-18(15,16)10-2/h10H,3-5H2,1-2H3,(H,11,12,13,14). The van der Waals surface area contributed by atoms with Crippen molar-refractivity contribution in [2.45, 2.75) is 6.92 Å². The average molecular weight is 296 g/mol. The lowest BCUT2D eigenvalue weighted by molar-refractivity contribution is 0.312. The molecule has 0 radical (unpaired) electrons. The summed E-state index contributed by atoms with van der Waals surface area (Å²) in [6, 6.07) is 0.0940. The molecule has 1 aromatic heterocycles. The molecule has 0 aliphatic carbocycles. The first-order valence-electron chi connectivity index (χ1n) is 5.16. The van der Waals surface area contributed by atoms with Crippen molar-refractivity contribution in [2.24, 2.45) is 0 Å². The number of aromatic nitrogens is 3. The number of anilines is 1. The highest BCUT2D eigenvalue weighted by Crippen LogP contribution is 2.10. The molecule has 0 spiro atoms. The summed E-state index contributed by atoms with van der Waals surface area (Å²) in [7, 11) is -1.92. The van der Waals surface area contributed by atoms with Gasteiger partial charge in [0, 0.05) is 6.54 Å². The third kappa shape index (κ3) is 4.98. The van der Waals surface area contributed by atoms with Crippen LogP contribution in [0.25, 0.3) is 0 Å². The second-order valence-electron chi connectivity index (χ2n) is 3.09. The van der Waals surface area contributed by atoms with Gasteiger partial charge in [-0.1, -0.05) is 0 Å². The van der Waals surface area contributed by atoms with Crippen molar-refractivity contribution in [3.8, 4) is 6.01 Å². The summed E-state index contributed by atoms with van der Waals surface area (Å²) in [4.78, 5) is 11.5. The second kappa shape index (κ2) is 6.66. The van der Waals surface area contributed by atoms with Crippen molar-refractivity contribution in [1.82, 2.24) is 19.7 Å². The Labute approximate surface area is 110 Å². The van der Waals surface area contributed by atoms with E-state index >= 15 is 0 Å². The van der Waals surface area contributed by atoms with Crippen LogP contribution in [0, 0.1) is 0 Å². The number of sulfonamides is 1. The SMILES string of the molecule is CCOc1nc(Cl)nc(NCCS(=O)(=O)NC)n1. The summed E-state index contributed by atoms with van der Waals surface area (Å²) >= 11 is 5.67. The lowest BCUT2D eigenvalue weighted by Crippen LogP contribution is -2.26. The molecule has 0 atom stereocenters. The fourth-order valence-corrected chi connectivity index (χ4v) is 1.73. The molecule has 0 aliphatic rings. The van der Waals surface area contributed by atoms with Gasteiger partial charge in [-0.05, 0) is 25.6 Å². The second-order valence-corrected chi connectivity index (χ2v) is 5.48. The minimum Gasteiger partial charge on any atom is -0.464 e. The van der Waals surface area contributed by atoms with Gasteiger partial charge in [0.1, 0.15) is 0 Å². The topological polar surface area (TPSA) is 106 Å². The average Bonchev–Trinajstić information content (AvgIpc) is 2.28. The zero-order chi connectivity index (χ0) is 13.6. The Morgan fingerprint density at radius 2 is 2.06 bits per heavy atom. The highest BCUT2D eigenvalue weighted by molar-refractivity contribution is 7.89. The van der Waals surface area contributed by atoms with Gasteiger partial charge in [-0.25, -0.2) is 13.1 Å². The van der Waals surface area contributed by atoms with Crippen LogP contribution in [0.5, 0.6) is 6.01 Å². The molecule has 0 fully saturated rings. The molecule has 0 saturated heterocycles.